The Hall–Kier alpha value is -6.06. The third-order valence-electron chi connectivity index (χ3n) is 9.21. The standard InChI is InChI=1S/C42H25NO2/c1-2-10-28(11-3-1)43-37-18-6-4-12-29(37)35-24-26(20-22-38(35)43)27-21-23-40-36(25-27)34-17-9-16-33(42(34)45-40)32-15-8-14-31-30-13-5-7-19-39(30)44-41(31)32/h1-25H. The molecule has 0 atom stereocenters. The number of aromatic nitrogens is 1. The van der Waals surface area contributed by atoms with Crippen LogP contribution in [0.2, 0.25) is 0 Å². The number of benzene rings is 7. The van der Waals surface area contributed by atoms with Gasteiger partial charge in [-0.05, 0) is 59.7 Å². The van der Waals surface area contributed by atoms with Gasteiger partial charge in [-0.2, -0.15) is 0 Å². The molecular formula is C42H25NO2. The Morgan fingerprint density at radius 2 is 0.911 bits per heavy atom. The molecule has 210 valence electrons. The average Bonchev–Trinajstić information content (AvgIpc) is 3.77. The fourth-order valence-corrected chi connectivity index (χ4v) is 7.16. The summed E-state index contributed by atoms with van der Waals surface area (Å²) in [6.07, 6.45) is 0. The van der Waals surface area contributed by atoms with E-state index in [1.165, 1.54) is 27.4 Å². The maximum absolute atomic E-state index is 6.59. The Morgan fingerprint density at radius 1 is 0.356 bits per heavy atom. The quantitative estimate of drug-likeness (QED) is 0.210. The molecule has 0 aliphatic rings. The van der Waals surface area contributed by atoms with Gasteiger partial charge in [-0.3, -0.25) is 0 Å². The molecule has 10 rings (SSSR count). The maximum Gasteiger partial charge on any atom is 0.143 e. The molecule has 0 N–H and O–H groups in total. The monoisotopic (exact) mass is 575 g/mol. The molecule has 45 heavy (non-hydrogen) atoms. The average molecular weight is 576 g/mol. The van der Waals surface area contributed by atoms with Gasteiger partial charge in [0.25, 0.3) is 0 Å². The van der Waals surface area contributed by atoms with Crippen molar-refractivity contribution in [2.45, 2.75) is 0 Å². The molecule has 0 aliphatic heterocycles. The number of nitrogens with zero attached hydrogens (tertiary/aromatic N) is 1. The predicted molar refractivity (Wildman–Crippen MR) is 186 cm³/mol. The summed E-state index contributed by atoms with van der Waals surface area (Å²) < 4.78 is 15.3. The molecule has 0 amide bonds. The Labute approximate surface area is 258 Å². The second-order valence-corrected chi connectivity index (χ2v) is 11.7. The fraction of sp³-hybridized carbons (Fsp3) is 0. The molecule has 3 aromatic heterocycles. The second-order valence-electron chi connectivity index (χ2n) is 11.7. The molecule has 10 aromatic rings. The van der Waals surface area contributed by atoms with Gasteiger partial charge in [-0.1, -0.05) is 103 Å². The van der Waals surface area contributed by atoms with E-state index in [1.807, 2.05) is 12.1 Å². The molecule has 3 heteroatoms. The lowest BCUT2D eigenvalue weighted by Gasteiger charge is -2.08. The SMILES string of the molecule is c1ccc(-n2c3ccccc3c3cc(-c4ccc5oc6c(-c7cccc8c7oc7ccccc78)cccc6c5c4)ccc32)cc1. The van der Waals surface area contributed by atoms with Gasteiger partial charge >= 0.3 is 0 Å². The molecule has 0 radical (unpaired) electrons. The lowest BCUT2D eigenvalue weighted by molar-refractivity contribution is 0.665. The Kier molecular flexibility index (Phi) is 5.00. The molecule has 0 aliphatic carbocycles. The molecule has 7 aromatic carbocycles. The number of para-hydroxylation sites is 5. The first-order chi connectivity index (χ1) is 22.3. The van der Waals surface area contributed by atoms with E-state index >= 15 is 0 Å². The first-order valence-corrected chi connectivity index (χ1v) is 15.3. The third-order valence-corrected chi connectivity index (χ3v) is 9.21. The van der Waals surface area contributed by atoms with E-state index in [4.69, 9.17) is 8.83 Å². The van der Waals surface area contributed by atoms with Crippen LogP contribution in [0.4, 0.5) is 0 Å². The Morgan fingerprint density at radius 3 is 1.69 bits per heavy atom. The summed E-state index contributed by atoms with van der Waals surface area (Å²) in [6, 6.07) is 53.6. The highest BCUT2D eigenvalue weighted by Crippen LogP contribution is 2.42. The van der Waals surface area contributed by atoms with Crippen LogP contribution in [0, 0.1) is 0 Å². The lowest BCUT2D eigenvalue weighted by atomic mass is 9.98. The number of hydrogen-bond acceptors (Lipinski definition) is 2. The smallest absolute Gasteiger partial charge is 0.143 e. The van der Waals surface area contributed by atoms with Crippen molar-refractivity contribution in [1.82, 2.24) is 4.57 Å². The van der Waals surface area contributed by atoms with Gasteiger partial charge in [0.1, 0.15) is 22.3 Å². The highest BCUT2D eigenvalue weighted by molar-refractivity contribution is 6.15. The zero-order valence-electron chi connectivity index (χ0n) is 24.2. The van der Waals surface area contributed by atoms with Crippen LogP contribution < -0.4 is 0 Å². The van der Waals surface area contributed by atoms with E-state index in [0.29, 0.717) is 0 Å². The largest absolute Gasteiger partial charge is 0.455 e. The normalized spacial score (nSPS) is 12.0. The highest BCUT2D eigenvalue weighted by atomic mass is 16.3. The van der Waals surface area contributed by atoms with Crippen molar-refractivity contribution in [3.63, 3.8) is 0 Å². The maximum atomic E-state index is 6.59. The molecule has 3 heterocycles. The van der Waals surface area contributed by atoms with Crippen molar-refractivity contribution in [3.8, 4) is 27.9 Å². The topological polar surface area (TPSA) is 31.2 Å². The molecule has 0 saturated heterocycles. The van der Waals surface area contributed by atoms with Gasteiger partial charge in [0.15, 0.2) is 0 Å². The first kappa shape index (κ1) is 24.4. The molecule has 0 spiro atoms. The van der Waals surface area contributed by atoms with Crippen LogP contribution in [0.15, 0.2) is 160 Å². The van der Waals surface area contributed by atoms with Gasteiger partial charge in [-0.15, -0.1) is 0 Å². The van der Waals surface area contributed by atoms with E-state index in [-0.39, 0.29) is 0 Å². The van der Waals surface area contributed by atoms with Crippen LogP contribution in [-0.4, -0.2) is 4.57 Å². The predicted octanol–water partition coefficient (Wildman–Crippen LogP) is 11.9. The summed E-state index contributed by atoms with van der Waals surface area (Å²) in [4.78, 5) is 0. The molecule has 0 saturated carbocycles. The van der Waals surface area contributed by atoms with E-state index in [0.717, 1.165) is 66.3 Å². The number of rotatable bonds is 3. The highest BCUT2D eigenvalue weighted by Gasteiger charge is 2.18. The van der Waals surface area contributed by atoms with E-state index in [2.05, 4.69) is 144 Å². The fourth-order valence-electron chi connectivity index (χ4n) is 7.16. The van der Waals surface area contributed by atoms with Crippen molar-refractivity contribution in [2.24, 2.45) is 0 Å². The van der Waals surface area contributed by atoms with Crippen molar-refractivity contribution in [3.05, 3.63) is 152 Å². The molecule has 3 nitrogen and oxygen atoms in total. The Bertz CT molecular complexity index is 2760. The van der Waals surface area contributed by atoms with Crippen molar-refractivity contribution >= 4 is 65.7 Å². The minimum atomic E-state index is 0.874. The van der Waals surface area contributed by atoms with Crippen LogP contribution in [-0.2, 0) is 0 Å². The first-order valence-electron chi connectivity index (χ1n) is 15.3. The second kappa shape index (κ2) is 9.22. The van der Waals surface area contributed by atoms with Gasteiger partial charge < -0.3 is 13.4 Å². The van der Waals surface area contributed by atoms with Gasteiger partial charge in [0, 0.05) is 49.1 Å². The molecule has 0 fully saturated rings. The van der Waals surface area contributed by atoms with Gasteiger partial charge in [-0.25, -0.2) is 0 Å². The summed E-state index contributed by atoms with van der Waals surface area (Å²) in [5.41, 5.74) is 11.5. The zero-order chi connectivity index (χ0) is 29.5. The van der Waals surface area contributed by atoms with Crippen molar-refractivity contribution < 1.29 is 8.83 Å². The number of fused-ring (bicyclic) bond motifs is 9. The van der Waals surface area contributed by atoms with Crippen LogP contribution in [0.25, 0.3) is 93.6 Å². The molecule has 0 bridgehead atoms. The number of furan rings is 2. The van der Waals surface area contributed by atoms with Crippen molar-refractivity contribution in [2.75, 3.05) is 0 Å². The van der Waals surface area contributed by atoms with Crippen LogP contribution in [0.1, 0.15) is 0 Å². The summed E-state index contributed by atoms with van der Waals surface area (Å²) in [6.45, 7) is 0. The van der Waals surface area contributed by atoms with Crippen LogP contribution in [0.3, 0.4) is 0 Å². The van der Waals surface area contributed by atoms with Gasteiger partial charge in [0.2, 0.25) is 0 Å². The minimum Gasteiger partial charge on any atom is -0.455 e. The van der Waals surface area contributed by atoms with Crippen LogP contribution in [0.5, 0.6) is 0 Å². The van der Waals surface area contributed by atoms with E-state index in [9.17, 15) is 0 Å². The molecule has 0 unspecified atom stereocenters. The summed E-state index contributed by atoms with van der Waals surface area (Å²) >= 11 is 0. The summed E-state index contributed by atoms with van der Waals surface area (Å²) in [7, 11) is 0. The van der Waals surface area contributed by atoms with Gasteiger partial charge in [0.05, 0.1) is 11.0 Å². The minimum absolute atomic E-state index is 0.874. The van der Waals surface area contributed by atoms with E-state index in [1.54, 1.807) is 0 Å². The lowest BCUT2D eigenvalue weighted by Crippen LogP contribution is -1.92. The zero-order valence-corrected chi connectivity index (χ0v) is 24.2. The Balaban J connectivity index is 1.15. The number of hydrogen-bond donors (Lipinski definition) is 0. The third kappa shape index (κ3) is 3.52. The van der Waals surface area contributed by atoms with E-state index < -0.39 is 0 Å². The van der Waals surface area contributed by atoms with Crippen molar-refractivity contribution in [1.29, 1.82) is 0 Å². The van der Waals surface area contributed by atoms with Crippen LogP contribution >= 0.6 is 0 Å². The summed E-state index contributed by atoms with van der Waals surface area (Å²) in [5.74, 6) is 0. The molecular weight excluding hydrogens is 550 g/mol. The summed E-state index contributed by atoms with van der Waals surface area (Å²) in [5, 5.41) is 6.93.